The molecule has 200 valence electrons. The lowest BCUT2D eigenvalue weighted by atomic mass is 9.82. The molecule has 36 heavy (non-hydrogen) atoms. The van der Waals surface area contributed by atoms with E-state index in [2.05, 4.69) is 56.5 Å². The number of amidine groups is 1. The third kappa shape index (κ3) is 6.35. The van der Waals surface area contributed by atoms with Crippen LogP contribution in [0.4, 0.5) is 11.4 Å². The minimum atomic E-state index is -3.47. The smallest absolute Gasteiger partial charge is 0.229 e. The van der Waals surface area contributed by atoms with Crippen molar-refractivity contribution in [3.05, 3.63) is 18.2 Å². The minimum Gasteiger partial charge on any atom is -0.355 e. The second-order valence-corrected chi connectivity index (χ2v) is 17.2. The van der Waals surface area contributed by atoms with E-state index in [0.717, 1.165) is 12.7 Å². The quantitative estimate of drug-likeness (QED) is 0.363. The van der Waals surface area contributed by atoms with Gasteiger partial charge in [-0.05, 0) is 54.2 Å². The van der Waals surface area contributed by atoms with E-state index in [4.69, 9.17) is 33.3 Å². The lowest BCUT2D eigenvalue weighted by Crippen LogP contribution is -2.45. The highest BCUT2D eigenvalue weighted by molar-refractivity contribution is 8.15. The van der Waals surface area contributed by atoms with E-state index in [0.29, 0.717) is 40.7 Å². The number of sulfonamides is 1. The molecule has 2 unspecified atom stereocenters. The Labute approximate surface area is 225 Å². The Kier molecular flexibility index (Phi) is 8.15. The number of hydrogen-bond donors (Lipinski definition) is 2. The number of carbonyl (C=O) groups excluding carboxylic acids is 1. The second kappa shape index (κ2) is 10.1. The second-order valence-electron chi connectivity index (χ2n) is 11.6. The Morgan fingerprint density at radius 1 is 1.22 bits per heavy atom. The molecule has 1 saturated heterocycles. The molecule has 0 saturated carbocycles. The summed E-state index contributed by atoms with van der Waals surface area (Å²) < 4.78 is 36.8. The Morgan fingerprint density at radius 2 is 1.86 bits per heavy atom. The summed E-state index contributed by atoms with van der Waals surface area (Å²) >= 11 is 11.9. The van der Waals surface area contributed by atoms with Crippen LogP contribution in [0.1, 0.15) is 54.9 Å². The van der Waals surface area contributed by atoms with Crippen molar-refractivity contribution in [2.45, 2.75) is 60.9 Å². The molecule has 1 fully saturated rings. The number of likely N-dealkylation sites (tertiary alicyclic amines) is 1. The number of Topliss-reactive ketones (excluding diaryl/α,β-unsaturated/α-hetero) is 1. The molecule has 2 N–H and O–H groups in total. The summed E-state index contributed by atoms with van der Waals surface area (Å²) in [6.45, 7) is 15.5. The van der Waals surface area contributed by atoms with Gasteiger partial charge in [0.15, 0.2) is 5.78 Å². The zero-order valence-corrected chi connectivity index (χ0v) is 25.6. The van der Waals surface area contributed by atoms with Crippen molar-refractivity contribution >= 4 is 73.8 Å². The number of carbonyl (C=O) groups is 1. The number of fused-ring (bicyclic) bond motifs is 1. The highest BCUT2D eigenvalue weighted by atomic mass is 32.4. The highest BCUT2D eigenvalue weighted by Crippen LogP contribution is 2.53. The lowest BCUT2D eigenvalue weighted by molar-refractivity contribution is -0.124. The van der Waals surface area contributed by atoms with Crippen LogP contribution in [0.15, 0.2) is 23.0 Å². The maximum Gasteiger partial charge on any atom is 0.229 e. The van der Waals surface area contributed by atoms with Gasteiger partial charge in [0.1, 0.15) is 11.8 Å². The number of nitrogens with one attached hydrogen (secondary N) is 2. The Bertz CT molecular complexity index is 1250. The third-order valence-electron chi connectivity index (χ3n) is 6.00. The molecule has 0 aliphatic carbocycles. The normalized spacial score (nSPS) is 24.9. The SMILES string of the molecule is CCOP1(=S)N=C(C2C(=O)[C@H](C(C)(C)C)N(CCC(C)(C)C)C2=S)Nc2ccc(NS(C)(=O)=O)cc21. The monoisotopic (exact) mass is 572 g/mol. The summed E-state index contributed by atoms with van der Waals surface area (Å²) in [5, 5.41) is 3.89. The number of ketones is 1. The Hall–Kier alpha value is -1.39. The molecule has 3 atom stereocenters. The summed E-state index contributed by atoms with van der Waals surface area (Å²) in [7, 11) is -3.47. The van der Waals surface area contributed by atoms with Gasteiger partial charge in [0.05, 0.1) is 34.9 Å². The number of hydrogen-bond acceptors (Lipinski definition) is 7. The summed E-state index contributed by atoms with van der Waals surface area (Å²) in [6, 6.07) is 4.65. The summed E-state index contributed by atoms with van der Waals surface area (Å²) in [4.78, 5) is 16.5. The number of anilines is 2. The van der Waals surface area contributed by atoms with Crippen molar-refractivity contribution in [2.24, 2.45) is 21.5 Å². The Balaban J connectivity index is 2.06. The molecular formula is C24H37N4O4PS3. The van der Waals surface area contributed by atoms with Gasteiger partial charge in [0, 0.05) is 12.2 Å². The standard InChI is InChI=1S/C24H37N4O4PS3/c1-9-32-33(35)17-14-15(27-36(8,30)31)10-11-16(17)25-21(26-33)18-19(29)20(24(5,6)7)28(22(18)34)13-12-23(2,3)4/h10-11,14,18,20,27H,9,12-13H2,1-8H3,(H,25,26,35)/t18?,20-,33?/m1/s1. The van der Waals surface area contributed by atoms with E-state index in [9.17, 15) is 13.2 Å². The van der Waals surface area contributed by atoms with E-state index < -0.39 is 22.4 Å². The minimum absolute atomic E-state index is 0.00419. The molecule has 0 bridgehead atoms. The van der Waals surface area contributed by atoms with E-state index in [-0.39, 0.29) is 22.7 Å². The van der Waals surface area contributed by atoms with Crippen molar-refractivity contribution in [2.75, 3.05) is 29.4 Å². The van der Waals surface area contributed by atoms with Crippen molar-refractivity contribution < 1.29 is 17.7 Å². The van der Waals surface area contributed by atoms with Crippen LogP contribution in [0.3, 0.4) is 0 Å². The number of nitrogens with zero attached hydrogens (tertiary/aromatic N) is 2. The van der Waals surface area contributed by atoms with Gasteiger partial charge in [0.25, 0.3) is 0 Å². The Morgan fingerprint density at radius 3 is 2.39 bits per heavy atom. The van der Waals surface area contributed by atoms with Gasteiger partial charge in [-0.1, -0.05) is 53.8 Å². The third-order valence-corrected chi connectivity index (χ3v) is 10.3. The van der Waals surface area contributed by atoms with Gasteiger partial charge in [-0.15, -0.1) is 0 Å². The van der Waals surface area contributed by atoms with Crippen LogP contribution in [0.25, 0.3) is 0 Å². The lowest BCUT2D eigenvalue weighted by Gasteiger charge is -2.36. The predicted octanol–water partition coefficient (Wildman–Crippen LogP) is 4.53. The van der Waals surface area contributed by atoms with Crippen LogP contribution < -0.4 is 15.3 Å². The molecule has 8 nitrogen and oxygen atoms in total. The molecule has 2 aliphatic heterocycles. The molecule has 0 spiro atoms. The number of thiocarbonyl (C=S) groups is 1. The first kappa shape index (κ1) is 29.2. The van der Waals surface area contributed by atoms with E-state index in [1.165, 1.54) is 0 Å². The molecule has 2 heterocycles. The molecule has 0 aromatic heterocycles. The van der Waals surface area contributed by atoms with Gasteiger partial charge in [0.2, 0.25) is 16.4 Å². The van der Waals surface area contributed by atoms with E-state index in [1.54, 1.807) is 18.2 Å². The van der Waals surface area contributed by atoms with Crippen LogP contribution in [-0.2, 0) is 31.1 Å². The molecule has 1 aromatic carbocycles. The fourth-order valence-electron chi connectivity index (χ4n) is 4.48. The molecular weight excluding hydrogens is 535 g/mol. The molecule has 1 aromatic rings. The zero-order chi connectivity index (χ0) is 27.3. The fourth-order valence-corrected chi connectivity index (χ4v) is 8.33. The number of rotatable bonds is 7. The van der Waals surface area contributed by atoms with Crippen molar-refractivity contribution in [1.29, 1.82) is 0 Å². The van der Waals surface area contributed by atoms with Crippen LogP contribution in [-0.4, -0.2) is 55.4 Å². The average Bonchev–Trinajstić information content (AvgIpc) is 2.95. The van der Waals surface area contributed by atoms with Gasteiger partial charge in [-0.3, -0.25) is 9.52 Å². The first-order valence-corrected chi connectivity index (χ1v) is 16.9. The van der Waals surface area contributed by atoms with Crippen LogP contribution in [0, 0.1) is 16.7 Å². The zero-order valence-electron chi connectivity index (χ0n) is 22.2. The van der Waals surface area contributed by atoms with Crippen LogP contribution in [0.2, 0.25) is 0 Å². The number of benzene rings is 1. The topological polar surface area (TPSA) is 100 Å². The molecule has 0 amide bonds. The van der Waals surface area contributed by atoms with Crippen molar-refractivity contribution in [3.8, 4) is 0 Å². The maximum atomic E-state index is 13.9. The molecule has 0 radical (unpaired) electrons. The van der Waals surface area contributed by atoms with Gasteiger partial charge >= 0.3 is 0 Å². The van der Waals surface area contributed by atoms with Gasteiger partial charge in [-0.2, -0.15) is 0 Å². The van der Waals surface area contributed by atoms with E-state index in [1.807, 2.05) is 6.92 Å². The summed E-state index contributed by atoms with van der Waals surface area (Å²) in [5.41, 5.74) is 0.783. The first-order valence-electron chi connectivity index (χ1n) is 11.9. The van der Waals surface area contributed by atoms with Gasteiger partial charge < -0.3 is 14.7 Å². The highest BCUT2D eigenvalue weighted by Gasteiger charge is 2.52. The van der Waals surface area contributed by atoms with Crippen molar-refractivity contribution in [3.63, 3.8) is 0 Å². The molecule has 3 rings (SSSR count). The van der Waals surface area contributed by atoms with Gasteiger partial charge in [-0.25, -0.2) is 13.2 Å². The molecule has 12 heteroatoms. The van der Waals surface area contributed by atoms with E-state index >= 15 is 0 Å². The van der Waals surface area contributed by atoms with Crippen molar-refractivity contribution in [1.82, 2.24) is 4.90 Å². The largest absolute Gasteiger partial charge is 0.355 e. The maximum absolute atomic E-state index is 13.9. The fraction of sp³-hybridized carbons (Fsp3) is 0.625. The summed E-state index contributed by atoms with van der Waals surface area (Å²) in [6.07, 6.45) is -1.01. The summed E-state index contributed by atoms with van der Waals surface area (Å²) in [5.74, 6) is -0.316. The predicted molar refractivity (Wildman–Crippen MR) is 157 cm³/mol. The van der Waals surface area contributed by atoms with Crippen LogP contribution in [0.5, 0.6) is 0 Å². The first-order chi connectivity index (χ1) is 16.4. The average molecular weight is 573 g/mol. The molecule has 2 aliphatic rings. The van der Waals surface area contributed by atoms with Crippen LogP contribution >= 0.6 is 18.6 Å².